The summed E-state index contributed by atoms with van der Waals surface area (Å²) in [5, 5.41) is 11.6. The Morgan fingerprint density at radius 1 is 0.909 bits per heavy atom. The fourth-order valence-electron chi connectivity index (χ4n) is 4.56. The summed E-state index contributed by atoms with van der Waals surface area (Å²) < 4.78 is 6.12. The summed E-state index contributed by atoms with van der Waals surface area (Å²) >= 11 is 0. The van der Waals surface area contributed by atoms with Crippen LogP contribution in [0.5, 0.6) is 0 Å². The van der Waals surface area contributed by atoms with Gasteiger partial charge in [-0.15, -0.1) is 10.2 Å². The van der Waals surface area contributed by atoms with E-state index in [9.17, 15) is 4.79 Å². The molecule has 0 aliphatic carbocycles. The Kier molecular flexibility index (Phi) is 4.79. The lowest BCUT2D eigenvalue weighted by Crippen LogP contribution is -2.38. The van der Waals surface area contributed by atoms with Gasteiger partial charge in [0.1, 0.15) is 11.7 Å². The Bertz CT molecular complexity index is 1470. The molecule has 33 heavy (non-hydrogen) atoms. The maximum atomic E-state index is 13.5. The van der Waals surface area contributed by atoms with Gasteiger partial charge in [0.05, 0.1) is 5.52 Å². The number of fused-ring (bicyclic) bond motifs is 2. The van der Waals surface area contributed by atoms with E-state index in [2.05, 4.69) is 20.2 Å². The maximum Gasteiger partial charge on any atom is 0.267 e. The monoisotopic (exact) mass is 435 g/mol. The van der Waals surface area contributed by atoms with Gasteiger partial charge in [0, 0.05) is 35.3 Å². The zero-order chi connectivity index (χ0) is 22.2. The molecule has 0 spiro atoms. The molecule has 162 valence electrons. The summed E-state index contributed by atoms with van der Waals surface area (Å²) in [6, 6.07) is 19.1. The molecule has 0 radical (unpaired) electrons. The second kappa shape index (κ2) is 8.09. The number of benzene rings is 2. The van der Waals surface area contributed by atoms with Crippen molar-refractivity contribution in [1.29, 1.82) is 0 Å². The van der Waals surface area contributed by atoms with Crippen LogP contribution in [-0.2, 0) is 0 Å². The second-order valence-corrected chi connectivity index (χ2v) is 8.25. The highest BCUT2D eigenvalue weighted by molar-refractivity contribution is 5.98. The average molecular weight is 435 g/mol. The summed E-state index contributed by atoms with van der Waals surface area (Å²) in [4.78, 5) is 24.2. The molecular weight excluding hydrogens is 414 g/mol. The topological polar surface area (TPSA) is 85.0 Å². The third kappa shape index (κ3) is 3.51. The summed E-state index contributed by atoms with van der Waals surface area (Å²) in [7, 11) is 0. The van der Waals surface area contributed by atoms with Crippen molar-refractivity contribution in [3.05, 3.63) is 84.5 Å². The number of hydrogen-bond donors (Lipinski definition) is 0. The molecule has 7 heteroatoms. The lowest BCUT2D eigenvalue weighted by atomic mass is 10.00. The number of hydrogen-bond acceptors (Lipinski definition) is 6. The summed E-state index contributed by atoms with van der Waals surface area (Å²) in [6.45, 7) is 0.652. The van der Waals surface area contributed by atoms with Gasteiger partial charge in [0.2, 0.25) is 5.89 Å². The first-order chi connectivity index (χ1) is 16.3. The van der Waals surface area contributed by atoms with Crippen LogP contribution in [0.3, 0.4) is 0 Å². The van der Waals surface area contributed by atoms with Crippen molar-refractivity contribution in [3.8, 4) is 11.6 Å². The van der Waals surface area contributed by atoms with Crippen LogP contribution in [-0.4, -0.2) is 37.5 Å². The molecule has 1 saturated heterocycles. The van der Waals surface area contributed by atoms with Gasteiger partial charge in [0.15, 0.2) is 0 Å². The molecule has 1 amide bonds. The zero-order valence-electron chi connectivity index (χ0n) is 17.9. The molecule has 1 fully saturated rings. The largest absolute Gasteiger partial charge is 0.417 e. The molecule has 0 bridgehead atoms. The molecule has 1 atom stereocenters. The van der Waals surface area contributed by atoms with Crippen LogP contribution >= 0.6 is 0 Å². The van der Waals surface area contributed by atoms with Crippen LogP contribution in [0.4, 0.5) is 0 Å². The summed E-state index contributed by atoms with van der Waals surface area (Å²) in [5.41, 5.74) is 2.16. The first-order valence-electron chi connectivity index (χ1n) is 11.1. The van der Waals surface area contributed by atoms with E-state index in [1.54, 1.807) is 12.4 Å². The number of aromatic nitrogens is 4. The van der Waals surface area contributed by atoms with Crippen molar-refractivity contribution in [2.75, 3.05) is 6.54 Å². The Balaban J connectivity index is 1.34. The molecule has 2 aromatic carbocycles. The standard InChI is InChI=1S/C26H21N5O2/c32-26(19-10-11-21-18(16-19)7-5-13-27-21)31-15-4-3-9-22(31)24-29-30-25(33-24)23-20-8-2-1-6-17(20)12-14-28-23/h1-2,5-8,10-14,16,22H,3-4,9,15H2. The van der Waals surface area contributed by atoms with Gasteiger partial charge in [-0.1, -0.05) is 30.3 Å². The summed E-state index contributed by atoms with van der Waals surface area (Å²) in [5.74, 6) is 0.792. The van der Waals surface area contributed by atoms with Crippen LogP contribution in [0.1, 0.15) is 41.6 Å². The molecule has 0 N–H and O–H groups in total. The second-order valence-electron chi connectivity index (χ2n) is 8.25. The van der Waals surface area contributed by atoms with E-state index in [0.29, 0.717) is 29.6 Å². The average Bonchev–Trinajstić information content (AvgIpc) is 3.37. The SMILES string of the molecule is O=C(c1ccc2ncccc2c1)N1CCCCC1c1nnc(-c2nccc3ccccc23)o1. The van der Waals surface area contributed by atoms with Gasteiger partial charge in [-0.3, -0.25) is 14.8 Å². The Morgan fingerprint density at radius 3 is 2.79 bits per heavy atom. The fraction of sp³-hybridized carbons (Fsp3) is 0.192. The Labute approximate surface area is 190 Å². The molecule has 1 aliphatic heterocycles. The Hall–Kier alpha value is -4.13. The fourth-order valence-corrected chi connectivity index (χ4v) is 4.56. The van der Waals surface area contributed by atoms with Gasteiger partial charge in [0.25, 0.3) is 11.8 Å². The number of carbonyl (C=O) groups excluding carboxylic acids is 1. The van der Waals surface area contributed by atoms with E-state index in [1.165, 1.54) is 0 Å². The number of piperidine rings is 1. The highest BCUT2D eigenvalue weighted by Gasteiger charge is 2.33. The third-order valence-electron chi connectivity index (χ3n) is 6.22. The molecule has 0 saturated carbocycles. The quantitative estimate of drug-likeness (QED) is 0.387. The third-order valence-corrected chi connectivity index (χ3v) is 6.22. The van der Waals surface area contributed by atoms with Crippen LogP contribution < -0.4 is 0 Å². The van der Waals surface area contributed by atoms with Gasteiger partial charge < -0.3 is 9.32 Å². The van der Waals surface area contributed by atoms with Crippen molar-refractivity contribution in [2.45, 2.75) is 25.3 Å². The van der Waals surface area contributed by atoms with Crippen LogP contribution in [0.15, 0.2) is 77.5 Å². The zero-order valence-corrected chi connectivity index (χ0v) is 17.9. The highest BCUT2D eigenvalue weighted by Crippen LogP contribution is 2.34. The van der Waals surface area contributed by atoms with E-state index in [-0.39, 0.29) is 11.9 Å². The van der Waals surface area contributed by atoms with Crippen molar-refractivity contribution in [3.63, 3.8) is 0 Å². The number of nitrogens with zero attached hydrogens (tertiary/aromatic N) is 5. The Morgan fingerprint density at radius 2 is 1.82 bits per heavy atom. The van der Waals surface area contributed by atoms with E-state index in [0.717, 1.165) is 40.9 Å². The molecule has 6 rings (SSSR count). The first kappa shape index (κ1) is 19.5. The predicted octanol–water partition coefficient (Wildman–Crippen LogP) is 5.20. The number of amides is 1. The van der Waals surface area contributed by atoms with Crippen molar-refractivity contribution in [2.24, 2.45) is 0 Å². The molecule has 7 nitrogen and oxygen atoms in total. The van der Waals surface area contributed by atoms with Gasteiger partial charge in [-0.05, 0) is 55.0 Å². The lowest BCUT2D eigenvalue weighted by Gasteiger charge is -2.33. The smallest absolute Gasteiger partial charge is 0.267 e. The minimum Gasteiger partial charge on any atom is -0.417 e. The van der Waals surface area contributed by atoms with E-state index in [4.69, 9.17) is 4.42 Å². The van der Waals surface area contributed by atoms with Gasteiger partial charge in [-0.2, -0.15) is 0 Å². The number of likely N-dealkylation sites (tertiary alicyclic amines) is 1. The maximum absolute atomic E-state index is 13.5. The number of pyridine rings is 2. The minimum absolute atomic E-state index is 0.0338. The normalized spacial score (nSPS) is 16.4. The lowest BCUT2D eigenvalue weighted by molar-refractivity contribution is 0.0572. The number of carbonyl (C=O) groups is 1. The summed E-state index contributed by atoms with van der Waals surface area (Å²) in [6.07, 6.45) is 6.23. The van der Waals surface area contributed by atoms with Gasteiger partial charge >= 0.3 is 0 Å². The molecule has 1 unspecified atom stereocenters. The van der Waals surface area contributed by atoms with Crippen LogP contribution in [0, 0.1) is 0 Å². The number of rotatable bonds is 3. The predicted molar refractivity (Wildman–Crippen MR) is 124 cm³/mol. The molecule has 1 aliphatic rings. The van der Waals surface area contributed by atoms with Gasteiger partial charge in [-0.25, -0.2) is 0 Å². The first-order valence-corrected chi connectivity index (χ1v) is 11.1. The highest BCUT2D eigenvalue weighted by atomic mass is 16.4. The molecule has 5 aromatic rings. The van der Waals surface area contributed by atoms with Crippen molar-refractivity contribution >= 4 is 27.6 Å². The molecule has 4 heterocycles. The van der Waals surface area contributed by atoms with E-state index >= 15 is 0 Å². The van der Waals surface area contributed by atoms with E-state index in [1.807, 2.05) is 65.6 Å². The van der Waals surface area contributed by atoms with E-state index < -0.39 is 0 Å². The van der Waals surface area contributed by atoms with Crippen LogP contribution in [0.2, 0.25) is 0 Å². The minimum atomic E-state index is -0.257. The molecular formula is C26H21N5O2. The van der Waals surface area contributed by atoms with Crippen molar-refractivity contribution < 1.29 is 9.21 Å². The molecule has 3 aromatic heterocycles. The van der Waals surface area contributed by atoms with Crippen LogP contribution in [0.25, 0.3) is 33.3 Å². The van der Waals surface area contributed by atoms with Crippen molar-refractivity contribution in [1.82, 2.24) is 25.1 Å².